The van der Waals surface area contributed by atoms with Gasteiger partial charge in [-0.3, -0.25) is 9.69 Å². The van der Waals surface area contributed by atoms with Crippen molar-refractivity contribution in [3.63, 3.8) is 0 Å². The summed E-state index contributed by atoms with van der Waals surface area (Å²) >= 11 is 0. The molecule has 3 N–H and O–H groups in total. The van der Waals surface area contributed by atoms with Crippen molar-refractivity contribution in [2.24, 2.45) is 0 Å². The molecule has 2 aromatic rings. The molecule has 0 spiro atoms. The van der Waals surface area contributed by atoms with E-state index in [0.29, 0.717) is 19.5 Å². The number of rotatable bonds is 8. The molecule has 1 fully saturated rings. The van der Waals surface area contributed by atoms with Crippen molar-refractivity contribution in [3.05, 3.63) is 71.5 Å². The van der Waals surface area contributed by atoms with Gasteiger partial charge in [0.15, 0.2) is 0 Å². The van der Waals surface area contributed by atoms with Gasteiger partial charge in [-0.25, -0.2) is 9.18 Å². The quantitative estimate of drug-likeness (QED) is 0.584. The molecule has 0 radical (unpaired) electrons. The molecule has 1 heterocycles. The van der Waals surface area contributed by atoms with E-state index in [1.807, 2.05) is 6.07 Å². The van der Waals surface area contributed by atoms with Gasteiger partial charge in [-0.05, 0) is 37.0 Å². The number of benzene rings is 2. The number of nitrogens with one attached hydrogen (secondary N) is 3. The minimum atomic E-state index is -0.540. The lowest BCUT2D eigenvalue weighted by molar-refractivity contribution is 0.0949. The van der Waals surface area contributed by atoms with E-state index in [1.165, 1.54) is 17.7 Å². The molecule has 0 aromatic heterocycles. The van der Waals surface area contributed by atoms with Crippen molar-refractivity contribution in [3.8, 4) is 0 Å². The average molecular weight is 413 g/mol. The summed E-state index contributed by atoms with van der Waals surface area (Å²) in [6.07, 6.45) is 2.43. The predicted molar refractivity (Wildman–Crippen MR) is 115 cm³/mol. The first-order valence-corrected chi connectivity index (χ1v) is 10.4. The summed E-state index contributed by atoms with van der Waals surface area (Å²) in [4.78, 5) is 26.4. The van der Waals surface area contributed by atoms with Crippen LogP contribution in [0.5, 0.6) is 0 Å². The van der Waals surface area contributed by atoms with Crippen LogP contribution in [0.15, 0.2) is 54.6 Å². The molecule has 1 aliphatic heterocycles. The standard InChI is InChI=1S/C23H29FN4O2/c24-21-10-5-4-9-20(21)22(29)25-13-6-14-26-23(30)27-19-11-15-28(16-12-19)17-18-7-2-1-3-8-18/h1-5,7-10,19H,6,11-17H2,(H,25,29)(H2,26,27,30). The molecule has 1 saturated heterocycles. The molecular weight excluding hydrogens is 383 g/mol. The molecule has 1 aliphatic rings. The molecule has 0 saturated carbocycles. The number of carbonyl (C=O) groups excluding carboxylic acids is 2. The van der Waals surface area contributed by atoms with Crippen molar-refractivity contribution >= 4 is 11.9 Å². The molecule has 7 heteroatoms. The van der Waals surface area contributed by atoms with Crippen LogP contribution in [0.25, 0.3) is 0 Å². The zero-order valence-electron chi connectivity index (χ0n) is 17.1. The Morgan fingerprint density at radius 3 is 2.33 bits per heavy atom. The van der Waals surface area contributed by atoms with E-state index in [9.17, 15) is 14.0 Å². The van der Waals surface area contributed by atoms with E-state index < -0.39 is 11.7 Å². The molecule has 3 amide bonds. The van der Waals surface area contributed by atoms with Crippen LogP contribution in [-0.2, 0) is 6.54 Å². The van der Waals surface area contributed by atoms with Gasteiger partial charge in [0.1, 0.15) is 5.82 Å². The summed E-state index contributed by atoms with van der Waals surface area (Å²) in [5.74, 6) is -0.984. The second kappa shape index (κ2) is 11.3. The van der Waals surface area contributed by atoms with E-state index in [4.69, 9.17) is 0 Å². The van der Waals surface area contributed by atoms with Crippen LogP contribution in [0.4, 0.5) is 9.18 Å². The minimum absolute atomic E-state index is 0.0295. The lowest BCUT2D eigenvalue weighted by Crippen LogP contribution is -2.48. The molecule has 0 atom stereocenters. The van der Waals surface area contributed by atoms with E-state index in [0.717, 1.165) is 32.5 Å². The van der Waals surface area contributed by atoms with Crippen LogP contribution in [-0.4, -0.2) is 49.1 Å². The highest BCUT2D eigenvalue weighted by molar-refractivity contribution is 5.94. The molecule has 30 heavy (non-hydrogen) atoms. The fourth-order valence-corrected chi connectivity index (χ4v) is 3.55. The highest BCUT2D eigenvalue weighted by atomic mass is 19.1. The van der Waals surface area contributed by atoms with Crippen molar-refractivity contribution in [2.45, 2.75) is 31.8 Å². The zero-order chi connectivity index (χ0) is 21.2. The van der Waals surface area contributed by atoms with Crippen LogP contribution in [0, 0.1) is 5.82 Å². The summed E-state index contributed by atoms with van der Waals surface area (Å²) in [6, 6.07) is 16.3. The summed E-state index contributed by atoms with van der Waals surface area (Å²) in [5, 5.41) is 8.50. The van der Waals surface area contributed by atoms with Crippen LogP contribution in [0.2, 0.25) is 0 Å². The lowest BCUT2D eigenvalue weighted by Gasteiger charge is -2.32. The first-order chi connectivity index (χ1) is 14.6. The Kier molecular flexibility index (Phi) is 8.20. The normalized spacial score (nSPS) is 14.8. The highest BCUT2D eigenvalue weighted by Crippen LogP contribution is 2.13. The van der Waals surface area contributed by atoms with Gasteiger partial charge in [0, 0.05) is 38.8 Å². The van der Waals surface area contributed by atoms with Crippen molar-refractivity contribution in [1.82, 2.24) is 20.9 Å². The maximum atomic E-state index is 13.5. The number of piperidine rings is 1. The number of carbonyl (C=O) groups is 2. The number of halogens is 1. The SMILES string of the molecule is O=C(NCCCNC(=O)c1ccccc1F)NC1CCN(Cc2ccccc2)CC1. The first kappa shape index (κ1) is 21.8. The van der Waals surface area contributed by atoms with E-state index in [-0.39, 0.29) is 17.6 Å². The van der Waals surface area contributed by atoms with Crippen LogP contribution in [0.3, 0.4) is 0 Å². The third kappa shape index (κ3) is 6.84. The van der Waals surface area contributed by atoms with Crippen LogP contribution < -0.4 is 16.0 Å². The Bertz CT molecular complexity index is 823. The van der Waals surface area contributed by atoms with Gasteiger partial charge in [-0.15, -0.1) is 0 Å². The smallest absolute Gasteiger partial charge is 0.315 e. The van der Waals surface area contributed by atoms with E-state index in [2.05, 4.69) is 45.1 Å². The number of nitrogens with zero attached hydrogens (tertiary/aromatic N) is 1. The Morgan fingerprint density at radius 1 is 0.933 bits per heavy atom. The molecular formula is C23H29FN4O2. The Labute approximate surface area is 176 Å². The Morgan fingerprint density at radius 2 is 1.60 bits per heavy atom. The number of hydrogen-bond acceptors (Lipinski definition) is 3. The van der Waals surface area contributed by atoms with Crippen molar-refractivity contribution in [1.29, 1.82) is 0 Å². The van der Waals surface area contributed by atoms with E-state index >= 15 is 0 Å². The summed E-state index contributed by atoms with van der Waals surface area (Å²) in [7, 11) is 0. The summed E-state index contributed by atoms with van der Waals surface area (Å²) < 4.78 is 13.5. The maximum absolute atomic E-state index is 13.5. The fraction of sp³-hybridized carbons (Fsp3) is 0.391. The van der Waals surface area contributed by atoms with E-state index in [1.54, 1.807) is 12.1 Å². The molecule has 0 bridgehead atoms. The average Bonchev–Trinajstić information content (AvgIpc) is 2.76. The Hall–Kier alpha value is -2.93. The number of amides is 3. The summed E-state index contributed by atoms with van der Waals surface area (Å²) in [5.41, 5.74) is 1.34. The number of hydrogen-bond donors (Lipinski definition) is 3. The maximum Gasteiger partial charge on any atom is 0.315 e. The molecule has 2 aromatic carbocycles. The second-order valence-corrected chi connectivity index (χ2v) is 7.53. The Balaban J connectivity index is 1.26. The molecule has 0 aliphatic carbocycles. The second-order valence-electron chi connectivity index (χ2n) is 7.53. The fourth-order valence-electron chi connectivity index (χ4n) is 3.55. The summed E-state index contributed by atoms with van der Waals surface area (Å²) in [6.45, 7) is 3.67. The van der Waals surface area contributed by atoms with Crippen LogP contribution >= 0.6 is 0 Å². The van der Waals surface area contributed by atoms with Gasteiger partial charge >= 0.3 is 6.03 Å². The van der Waals surface area contributed by atoms with Gasteiger partial charge in [0.25, 0.3) is 5.91 Å². The largest absolute Gasteiger partial charge is 0.352 e. The monoisotopic (exact) mass is 412 g/mol. The number of likely N-dealkylation sites (tertiary alicyclic amines) is 1. The van der Waals surface area contributed by atoms with Gasteiger partial charge in [-0.2, -0.15) is 0 Å². The zero-order valence-corrected chi connectivity index (χ0v) is 17.1. The molecule has 160 valence electrons. The molecule has 3 rings (SSSR count). The first-order valence-electron chi connectivity index (χ1n) is 10.4. The topological polar surface area (TPSA) is 73.5 Å². The van der Waals surface area contributed by atoms with Gasteiger partial charge in [-0.1, -0.05) is 42.5 Å². The molecule has 6 nitrogen and oxygen atoms in total. The number of urea groups is 1. The highest BCUT2D eigenvalue weighted by Gasteiger charge is 2.20. The third-order valence-corrected chi connectivity index (χ3v) is 5.21. The van der Waals surface area contributed by atoms with Crippen molar-refractivity contribution in [2.75, 3.05) is 26.2 Å². The van der Waals surface area contributed by atoms with Gasteiger partial charge < -0.3 is 16.0 Å². The lowest BCUT2D eigenvalue weighted by atomic mass is 10.0. The van der Waals surface area contributed by atoms with Crippen molar-refractivity contribution < 1.29 is 14.0 Å². The predicted octanol–water partition coefficient (Wildman–Crippen LogP) is 2.91. The minimum Gasteiger partial charge on any atom is -0.352 e. The molecule has 0 unspecified atom stereocenters. The van der Waals surface area contributed by atoms with Crippen LogP contribution in [0.1, 0.15) is 35.2 Å². The van der Waals surface area contributed by atoms with Gasteiger partial charge in [0.05, 0.1) is 5.56 Å². The van der Waals surface area contributed by atoms with Gasteiger partial charge in [0.2, 0.25) is 0 Å². The third-order valence-electron chi connectivity index (χ3n) is 5.21.